The SMILES string of the molecule is C[C@H](C(=O)Cl)N1C(=O)OC[C@@H]1c1ccccc1. The molecule has 0 bridgehead atoms. The zero-order chi connectivity index (χ0) is 12.4. The third-order valence-electron chi connectivity index (χ3n) is 2.84. The van der Waals surface area contributed by atoms with Crippen LogP contribution < -0.4 is 0 Å². The molecule has 0 radical (unpaired) electrons. The summed E-state index contributed by atoms with van der Waals surface area (Å²) in [5, 5.41) is -0.565. The van der Waals surface area contributed by atoms with Gasteiger partial charge < -0.3 is 4.74 Å². The number of carbonyl (C=O) groups excluding carboxylic acids is 2. The fraction of sp³-hybridized carbons (Fsp3) is 0.333. The number of rotatable bonds is 3. The summed E-state index contributed by atoms with van der Waals surface area (Å²) in [6.45, 7) is 1.84. The number of benzene rings is 1. The quantitative estimate of drug-likeness (QED) is 0.777. The molecule has 1 aliphatic heterocycles. The molecular formula is C12H12ClNO3. The number of hydrogen-bond donors (Lipinski definition) is 0. The minimum atomic E-state index is -0.683. The molecule has 1 aromatic rings. The molecule has 1 fully saturated rings. The minimum absolute atomic E-state index is 0.247. The van der Waals surface area contributed by atoms with E-state index in [2.05, 4.69) is 0 Å². The molecule has 1 amide bonds. The largest absolute Gasteiger partial charge is 0.447 e. The summed E-state index contributed by atoms with van der Waals surface area (Å²) in [7, 11) is 0. The fourth-order valence-electron chi connectivity index (χ4n) is 1.90. The van der Waals surface area contributed by atoms with Crippen LogP contribution in [0.3, 0.4) is 0 Å². The van der Waals surface area contributed by atoms with Crippen LogP contribution in [0.5, 0.6) is 0 Å². The van der Waals surface area contributed by atoms with Gasteiger partial charge in [0.1, 0.15) is 12.6 Å². The van der Waals surface area contributed by atoms with Crippen molar-refractivity contribution in [3.05, 3.63) is 35.9 Å². The van der Waals surface area contributed by atoms with E-state index >= 15 is 0 Å². The Kier molecular flexibility index (Phi) is 3.33. The summed E-state index contributed by atoms with van der Waals surface area (Å²) in [4.78, 5) is 24.1. The van der Waals surface area contributed by atoms with Crippen LogP contribution in [0.2, 0.25) is 0 Å². The molecule has 1 heterocycles. The summed E-state index contributed by atoms with van der Waals surface area (Å²) in [5.74, 6) is 0. The third kappa shape index (κ3) is 2.26. The molecule has 90 valence electrons. The molecule has 1 aromatic carbocycles. The second kappa shape index (κ2) is 4.75. The van der Waals surface area contributed by atoms with Crippen LogP contribution in [0.1, 0.15) is 18.5 Å². The monoisotopic (exact) mass is 253 g/mol. The first-order chi connectivity index (χ1) is 8.11. The number of amides is 1. The summed E-state index contributed by atoms with van der Waals surface area (Å²) in [6.07, 6.45) is -0.500. The lowest BCUT2D eigenvalue weighted by Gasteiger charge is -2.25. The average molecular weight is 254 g/mol. The van der Waals surface area contributed by atoms with Crippen molar-refractivity contribution in [3.8, 4) is 0 Å². The Balaban J connectivity index is 2.28. The number of hydrogen-bond acceptors (Lipinski definition) is 3. The molecule has 0 aliphatic carbocycles. The van der Waals surface area contributed by atoms with Gasteiger partial charge in [0, 0.05) is 0 Å². The van der Waals surface area contributed by atoms with Gasteiger partial charge in [-0.25, -0.2) is 4.79 Å². The van der Waals surface area contributed by atoms with Crippen molar-refractivity contribution in [1.82, 2.24) is 4.90 Å². The maximum Gasteiger partial charge on any atom is 0.411 e. The Labute approximate surface area is 104 Å². The van der Waals surface area contributed by atoms with Gasteiger partial charge in [-0.15, -0.1) is 0 Å². The Morgan fingerprint density at radius 1 is 1.47 bits per heavy atom. The molecule has 1 aliphatic rings. The number of nitrogens with zero attached hydrogens (tertiary/aromatic N) is 1. The summed E-state index contributed by atoms with van der Waals surface area (Å²) < 4.78 is 4.98. The molecule has 2 rings (SSSR count). The summed E-state index contributed by atoms with van der Waals surface area (Å²) in [6, 6.07) is 8.50. The van der Waals surface area contributed by atoms with Crippen LogP contribution in [0.4, 0.5) is 4.79 Å². The first kappa shape index (κ1) is 11.9. The Hall–Kier alpha value is -1.55. The lowest BCUT2D eigenvalue weighted by Crippen LogP contribution is -2.39. The van der Waals surface area contributed by atoms with Crippen LogP contribution in [0, 0.1) is 0 Å². The van der Waals surface area contributed by atoms with Gasteiger partial charge >= 0.3 is 6.09 Å². The zero-order valence-electron chi connectivity index (χ0n) is 9.30. The molecule has 2 atom stereocenters. The lowest BCUT2D eigenvalue weighted by atomic mass is 10.1. The number of cyclic esters (lactones) is 1. The number of halogens is 1. The predicted octanol–water partition coefficient (Wildman–Crippen LogP) is 2.33. The van der Waals surface area contributed by atoms with E-state index in [0.29, 0.717) is 0 Å². The molecule has 0 aromatic heterocycles. The van der Waals surface area contributed by atoms with E-state index in [0.717, 1.165) is 5.56 Å². The smallest absolute Gasteiger partial charge is 0.411 e. The van der Waals surface area contributed by atoms with E-state index in [1.54, 1.807) is 6.92 Å². The highest BCUT2D eigenvalue weighted by atomic mass is 35.5. The van der Waals surface area contributed by atoms with Crippen molar-refractivity contribution in [2.24, 2.45) is 0 Å². The Morgan fingerprint density at radius 2 is 2.12 bits per heavy atom. The Morgan fingerprint density at radius 3 is 2.71 bits per heavy atom. The van der Waals surface area contributed by atoms with Crippen LogP contribution in [-0.4, -0.2) is 28.9 Å². The second-order valence-corrected chi connectivity index (χ2v) is 4.26. The van der Waals surface area contributed by atoms with Gasteiger partial charge in [0.2, 0.25) is 5.24 Å². The maximum absolute atomic E-state index is 11.6. The van der Waals surface area contributed by atoms with Crippen LogP contribution in [-0.2, 0) is 9.53 Å². The molecular weight excluding hydrogens is 242 g/mol. The highest BCUT2D eigenvalue weighted by Crippen LogP contribution is 2.30. The van der Waals surface area contributed by atoms with Crippen molar-refractivity contribution in [2.45, 2.75) is 19.0 Å². The molecule has 0 unspecified atom stereocenters. The first-order valence-electron chi connectivity index (χ1n) is 5.30. The van der Waals surface area contributed by atoms with Gasteiger partial charge in [-0.3, -0.25) is 9.69 Å². The van der Waals surface area contributed by atoms with Crippen molar-refractivity contribution in [3.63, 3.8) is 0 Å². The maximum atomic E-state index is 11.6. The van der Waals surface area contributed by atoms with E-state index in [9.17, 15) is 9.59 Å². The van der Waals surface area contributed by atoms with Gasteiger partial charge in [0.05, 0.1) is 6.04 Å². The van der Waals surface area contributed by atoms with Gasteiger partial charge in [0.25, 0.3) is 0 Å². The van der Waals surface area contributed by atoms with Crippen molar-refractivity contribution in [1.29, 1.82) is 0 Å². The zero-order valence-corrected chi connectivity index (χ0v) is 10.1. The number of carbonyl (C=O) groups is 2. The molecule has 0 spiro atoms. The van der Waals surface area contributed by atoms with E-state index in [-0.39, 0.29) is 12.6 Å². The molecule has 1 saturated heterocycles. The average Bonchev–Trinajstić information content (AvgIpc) is 2.71. The van der Waals surface area contributed by atoms with E-state index in [1.807, 2.05) is 30.3 Å². The predicted molar refractivity (Wildman–Crippen MR) is 62.7 cm³/mol. The van der Waals surface area contributed by atoms with Gasteiger partial charge in [-0.1, -0.05) is 30.3 Å². The second-order valence-electron chi connectivity index (χ2n) is 3.89. The van der Waals surface area contributed by atoms with Gasteiger partial charge in [0.15, 0.2) is 0 Å². The lowest BCUT2D eigenvalue weighted by molar-refractivity contribution is -0.115. The standard InChI is InChI=1S/C12H12ClNO3/c1-8(11(13)15)14-10(7-17-12(14)16)9-5-3-2-4-6-9/h2-6,8,10H,7H2,1H3/t8-,10-/m1/s1. The Bertz CT molecular complexity index is 435. The third-order valence-corrected chi connectivity index (χ3v) is 3.16. The van der Waals surface area contributed by atoms with E-state index in [4.69, 9.17) is 16.3 Å². The summed E-state index contributed by atoms with van der Waals surface area (Å²) in [5.41, 5.74) is 0.933. The van der Waals surface area contributed by atoms with Crippen LogP contribution >= 0.6 is 11.6 Å². The molecule has 4 nitrogen and oxygen atoms in total. The highest BCUT2D eigenvalue weighted by Gasteiger charge is 2.39. The number of ether oxygens (including phenoxy) is 1. The van der Waals surface area contributed by atoms with Crippen molar-refractivity contribution < 1.29 is 14.3 Å². The first-order valence-corrected chi connectivity index (χ1v) is 5.68. The van der Waals surface area contributed by atoms with E-state index in [1.165, 1.54) is 4.90 Å². The highest BCUT2D eigenvalue weighted by molar-refractivity contribution is 6.64. The van der Waals surface area contributed by atoms with Crippen LogP contribution in [0.25, 0.3) is 0 Å². The van der Waals surface area contributed by atoms with Gasteiger partial charge in [-0.05, 0) is 24.1 Å². The normalized spacial score (nSPS) is 21.2. The molecule has 0 N–H and O–H groups in total. The summed E-state index contributed by atoms with van der Waals surface area (Å²) >= 11 is 5.44. The molecule has 17 heavy (non-hydrogen) atoms. The van der Waals surface area contributed by atoms with Crippen LogP contribution in [0.15, 0.2) is 30.3 Å². The minimum Gasteiger partial charge on any atom is -0.447 e. The van der Waals surface area contributed by atoms with Crippen molar-refractivity contribution >= 4 is 22.9 Å². The topological polar surface area (TPSA) is 46.6 Å². The van der Waals surface area contributed by atoms with Gasteiger partial charge in [-0.2, -0.15) is 0 Å². The van der Waals surface area contributed by atoms with Crippen molar-refractivity contribution in [2.75, 3.05) is 6.61 Å². The van der Waals surface area contributed by atoms with E-state index < -0.39 is 17.4 Å². The fourth-order valence-corrected chi connectivity index (χ4v) is 2.01. The molecule has 5 heteroatoms. The molecule has 0 saturated carbocycles.